The van der Waals surface area contributed by atoms with E-state index in [9.17, 15) is 0 Å². The summed E-state index contributed by atoms with van der Waals surface area (Å²) < 4.78 is 0. The van der Waals surface area contributed by atoms with Crippen LogP contribution >= 0.6 is 0 Å². The molecule has 0 heteroatoms. The maximum Gasteiger partial charge on any atom is -0.0140 e. The molecule has 0 saturated carbocycles. The van der Waals surface area contributed by atoms with Gasteiger partial charge in [0.25, 0.3) is 0 Å². The number of benzene rings is 2. The molecule has 0 unspecified atom stereocenters. The standard InChI is InChI=1S/C24H26/c1-3-11-21-22(12-4-2)24(18-20-15-9-6-10-16-20)23(21)17-19-13-7-5-8-14-19/h5-10,13-18H,3-4,11-12H2,1-2H3/b23-17+,24-18+. The Morgan fingerprint density at radius 1 is 0.583 bits per heavy atom. The van der Waals surface area contributed by atoms with Gasteiger partial charge in [-0.2, -0.15) is 0 Å². The molecular weight excluding hydrogens is 288 g/mol. The van der Waals surface area contributed by atoms with Gasteiger partial charge in [-0.25, -0.2) is 0 Å². The fraction of sp³-hybridized carbons (Fsp3) is 0.250. The van der Waals surface area contributed by atoms with Crippen molar-refractivity contribution in [3.63, 3.8) is 0 Å². The van der Waals surface area contributed by atoms with Crippen molar-refractivity contribution in [2.24, 2.45) is 0 Å². The number of rotatable bonds is 6. The van der Waals surface area contributed by atoms with Crippen LogP contribution in [0.25, 0.3) is 12.2 Å². The molecule has 0 N–H and O–H groups in total. The summed E-state index contributed by atoms with van der Waals surface area (Å²) in [6.07, 6.45) is 9.48. The maximum absolute atomic E-state index is 2.36. The van der Waals surface area contributed by atoms with Crippen LogP contribution in [0.4, 0.5) is 0 Å². The van der Waals surface area contributed by atoms with Crippen LogP contribution in [-0.2, 0) is 0 Å². The Morgan fingerprint density at radius 3 is 1.29 bits per heavy atom. The van der Waals surface area contributed by atoms with Gasteiger partial charge in [-0.05, 0) is 58.4 Å². The smallest absolute Gasteiger partial charge is 0.0140 e. The van der Waals surface area contributed by atoms with Crippen LogP contribution in [0.2, 0.25) is 0 Å². The zero-order valence-corrected chi connectivity index (χ0v) is 14.8. The zero-order valence-electron chi connectivity index (χ0n) is 14.8. The van der Waals surface area contributed by atoms with E-state index in [1.54, 1.807) is 11.1 Å². The number of allylic oxidation sites excluding steroid dienone is 4. The first kappa shape index (κ1) is 16.5. The average Bonchev–Trinajstić information content (AvgIpc) is 2.64. The van der Waals surface area contributed by atoms with Crippen molar-refractivity contribution in [1.29, 1.82) is 0 Å². The van der Waals surface area contributed by atoms with Gasteiger partial charge in [-0.1, -0.05) is 87.4 Å². The SMILES string of the molecule is CCCC1=C(CCC)C(=C\c2ccccc2)/C1=C/c1ccccc1. The molecule has 0 heterocycles. The molecule has 0 amide bonds. The molecule has 0 fully saturated rings. The number of hydrogen-bond acceptors (Lipinski definition) is 0. The minimum atomic E-state index is 1.18. The monoisotopic (exact) mass is 314 g/mol. The van der Waals surface area contributed by atoms with Crippen molar-refractivity contribution >= 4 is 12.2 Å². The van der Waals surface area contributed by atoms with E-state index in [2.05, 4.69) is 86.7 Å². The van der Waals surface area contributed by atoms with Gasteiger partial charge in [-0.3, -0.25) is 0 Å². The minimum absolute atomic E-state index is 1.18. The summed E-state index contributed by atoms with van der Waals surface area (Å²) in [6, 6.07) is 21.4. The lowest BCUT2D eigenvalue weighted by molar-refractivity contribution is 0.825. The molecule has 0 saturated heterocycles. The molecule has 0 spiro atoms. The molecule has 122 valence electrons. The van der Waals surface area contributed by atoms with Gasteiger partial charge in [0.15, 0.2) is 0 Å². The third-order valence-corrected chi connectivity index (χ3v) is 4.53. The summed E-state index contributed by atoms with van der Waals surface area (Å²) in [6.45, 7) is 4.55. The van der Waals surface area contributed by atoms with Crippen LogP contribution in [-0.4, -0.2) is 0 Å². The van der Waals surface area contributed by atoms with E-state index in [1.807, 2.05) is 0 Å². The lowest BCUT2D eigenvalue weighted by Gasteiger charge is -2.32. The van der Waals surface area contributed by atoms with E-state index in [-0.39, 0.29) is 0 Å². The fourth-order valence-corrected chi connectivity index (χ4v) is 3.42. The summed E-state index contributed by atoms with van der Waals surface area (Å²) in [7, 11) is 0. The average molecular weight is 314 g/mol. The Morgan fingerprint density at radius 2 is 0.958 bits per heavy atom. The van der Waals surface area contributed by atoms with Crippen molar-refractivity contribution in [3.8, 4) is 0 Å². The first-order valence-corrected chi connectivity index (χ1v) is 9.10. The van der Waals surface area contributed by atoms with Crippen LogP contribution in [0, 0.1) is 0 Å². The van der Waals surface area contributed by atoms with Crippen molar-refractivity contribution in [2.75, 3.05) is 0 Å². The van der Waals surface area contributed by atoms with Crippen LogP contribution < -0.4 is 0 Å². The van der Waals surface area contributed by atoms with Gasteiger partial charge in [0.1, 0.15) is 0 Å². The second-order valence-electron chi connectivity index (χ2n) is 6.39. The van der Waals surface area contributed by atoms with Gasteiger partial charge in [0.2, 0.25) is 0 Å². The highest BCUT2D eigenvalue weighted by molar-refractivity contribution is 5.84. The first-order valence-electron chi connectivity index (χ1n) is 9.10. The molecule has 3 rings (SSSR count). The number of hydrogen-bond donors (Lipinski definition) is 0. The summed E-state index contributed by atoms with van der Waals surface area (Å²) in [5.41, 5.74) is 8.60. The van der Waals surface area contributed by atoms with E-state index in [0.29, 0.717) is 0 Å². The molecule has 0 aromatic heterocycles. The predicted octanol–water partition coefficient (Wildman–Crippen LogP) is 7.06. The molecule has 24 heavy (non-hydrogen) atoms. The van der Waals surface area contributed by atoms with Crippen molar-refractivity contribution in [1.82, 2.24) is 0 Å². The van der Waals surface area contributed by atoms with Gasteiger partial charge in [-0.15, -0.1) is 0 Å². The highest BCUT2D eigenvalue weighted by Crippen LogP contribution is 2.46. The highest BCUT2D eigenvalue weighted by Gasteiger charge is 2.27. The van der Waals surface area contributed by atoms with E-state index >= 15 is 0 Å². The molecule has 2 aromatic rings. The predicted molar refractivity (Wildman–Crippen MR) is 106 cm³/mol. The lowest BCUT2D eigenvalue weighted by Crippen LogP contribution is -2.13. The third-order valence-electron chi connectivity index (χ3n) is 4.53. The Bertz CT molecular complexity index is 691. The van der Waals surface area contributed by atoms with Crippen molar-refractivity contribution in [2.45, 2.75) is 39.5 Å². The van der Waals surface area contributed by atoms with Crippen LogP contribution in [0.15, 0.2) is 83.0 Å². The van der Waals surface area contributed by atoms with Gasteiger partial charge in [0.05, 0.1) is 0 Å². The molecule has 0 nitrogen and oxygen atoms in total. The zero-order chi connectivity index (χ0) is 16.8. The fourth-order valence-electron chi connectivity index (χ4n) is 3.42. The second kappa shape index (κ2) is 7.97. The van der Waals surface area contributed by atoms with E-state index in [1.165, 1.54) is 48.0 Å². The Hall–Kier alpha value is -2.34. The normalized spacial score (nSPS) is 17.4. The van der Waals surface area contributed by atoms with Crippen LogP contribution in [0.1, 0.15) is 50.7 Å². The lowest BCUT2D eigenvalue weighted by atomic mass is 9.72. The van der Waals surface area contributed by atoms with Crippen molar-refractivity contribution < 1.29 is 0 Å². The van der Waals surface area contributed by atoms with E-state index in [0.717, 1.165) is 0 Å². The van der Waals surface area contributed by atoms with E-state index in [4.69, 9.17) is 0 Å². The molecule has 0 aliphatic heterocycles. The Labute approximate surface area is 146 Å². The Kier molecular flexibility index (Phi) is 5.48. The van der Waals surface area contributed by atoms with Crippen molar-refractivity contribution in [3.05, 3.63) is 94.1 Å². The molecule has 0 atom stereocenters. The second-order valence-corrected chi connectivity index (χ2v) is 6.39. The minimum Gasteiger partial charge on any atom is -0.0651 e. The Balaban J connectivity index is 2.05. The topological polar surface area (TPSA) is 0 Å². The van der Waals surface area contributed by atoms with Gasteiger partial charge < -0.3 is 0 Å². The third kappa shape index (κ3) is 3.59. The molecule has 0 radical (unpaired) electrons. The molecule has 0 bridgehead atoms. The van der Waals surface area contributed by atoms with Gasteiger partial charge >= 0.3 is 0 Å². The quantitative estimate of drug-likeness (QED) is 0.535. The van der Waals surface area contributed by atoms with Crippen LogP contribution in [0.3, 0.4) is 0 Å². The summed E-state index contributed by atoms with van der Waals surface area (Å²) >= 11 is 0. The molecule has 2 aromatic carbocycles. The van der Waals surface area contributed by atoms with Crippen LogP contribution in [0.5, 0.6) is 0 Å². The summed E-state index contributed by atoms with van der Waals surface area (Å²) in [5, 5.41) is 0. The molecular formula is C24H26. The summed E-state index contributed by atoms with van der Waals surface area (Å²) in [5.74, 6) is 0. The maximum atomic E-state index is 2.36. The largest absolute Gasteiger partial charge is 0.0651 e. The van der Waals surface area contributed by atoms with Gasteiger partial charge in [0, 0.05) is 0 Å². The molecule has 1 aliphatic carbocycles. The first-order chi connectivity index (χ1) is 11.8. The van der Waals surface area contributed by atoms with E-state index < -0.39 is 0 Å². The highest BCUT2D eigenvalue weighted by atomic mass is 14.3. The summed E-state index contributed by atoms with van der Waals surface area (Å²) in [4.78, 5) is 0. The molecule has 1 aliphatic rings.